The maximum Gasteiger partial charge on any atom is 0.145 e. The Labute approximate surface area is 368 Å². The van der Waals surface area contributed by atoms with Gasteiger partial charge in [-0.3, -0.25) is 0 Å². The highest BCUT2D eigenvalue weighted by atomic mass is 16.3. The van der Waals surface area contributed by atoms with Gasteiger partial charge in [0.25, 0.3) is 0 Å². The van der Waals surface area contributed by atoms with Crippen LogP contribution in [0.4, 0.5) is 17.1 Å². The molecule has 0 saturated heterocycles. The van der Waals surface area contributed by atoms with Crippen molar-refractivity contribution in [3.05, 3.63) is 224 Å². The Hall–Kier alpha value is -8.60. The summed E-state index contributed by atoms with van der Waals surface area (Å²) in [6.07, 6.45) is 0. The molecule has 0 aliphatic carbocycles. The fourth-order valence-electron chi connectivity index (χ4n) is 9.70. The Morgan fingerprint density at radius 3 is 1.48 bits per heavy atom. The van der Waals surface area contributed by atoms with Crippen molar-refractivity contribution in [2.45, 2.75) is 0 Å². The smallest absolute Gasteiger partial charge is 0.145 e. The van der Waals surface area contributed by atoms with Crippen LogP contribution in [0.25, 0.3) is 110 Å². The minimum Gasteiger partial charge on any atom is -0.456 e. The Kier molecular flexibility index (Phi) is 8.18. The van der Waals surface area contributed by atoms with Crippen LogP contribution in [0.3, 0.4) is 0 Å². The second-order valence-corrected chi connectivity index (χ2v) is 16.4. The molecule has 0 radical (unpaired) electrons. The second-order valence-electron chi connectivity index (χ2n) is 16.4. The number of nitrogens with zero attached hydrogens (tertiary/aromatic N) is 1. The highest BCUT2D eigenvalue weighted by Gasteiger charge is 2.25. The van der Waals surface area contributed by atoms with Crippen LogP contribution in [0.2, 0.25) is 0 Å². The number of furan rings is 3. The predicted octanol–water partition coefficient (Wildman–Crippen LogP) is 17.5. The van der Waals surface area contributed by atoms with E-state index in [1.807, 2.05) is 18.2 Å². The van der Waals surface area contributed by atoms with Crippen LogP contribution in [-0.4, -0.2) is 0 Å². The van der Waals surface area contributed by atoms with Gasteiger partial charge in [-0.1, -0.05) is 152 Å². The van der Waals surface area contributed by atoms with Gasteiger partial charge in [0, 0.05) is 55.5 Å². The molecule has 0 unspecified atom stereocenters. The fraction of sp³-hybridized carbons (Fsp3) is 0. The summed E-state index contributed by atoms with van der Waals surface area (Å²) in [5.41, 5.74) is 16.7. The molecule has 0 bridgehead atoms. The summed E-state index contributed by atoms with van der Waals surface area (Å²) in [6.45, 7) is 0. The molecule has 0 N–H and O–H groups in total. The van der Waals surface area contributed by atoms with Crippen molar-refractivity contribution in [2.75, 3.05) is 4.90 Å². The van der Waals surface area contributed by atoms with Crippen molar-refractivity contribution in [1.29, 1.82) is 0 Å². The molecule has 0 atom stereocenters. The third-order valence-corrected chi connectivity index (χ3v) is 12.7. The maximum absolute atomic E-state index is 7.05. The van der Waals surface area contributed by atoms with Crippen LogP contribution in [0, 0.1) is 0 Å². The summed E-state index contributed by atoms with van der Waals surface area (Å²) in [6, 6.07) is 78.9. The summed E-state index contributed by atoms with van der Waals surface area (Å²) in [7, 11) is 0. The van der Waals surface area contributed by atoms with Gasteiger partial charge < -0.3 is 18.2 Å². The van der Waals surface area contributed by atoms with Gasteiger partial charge in [-0.15, -0.1) is 0 Å². The van der Waals surface area contributed by atoms with E-state index in [4.69, 9.17) is 13.3 Å². The molecule has 4 nitrogen and oxygen atoms in total. The first kappa shape index (κ1) is 36.1. The van der Waals surface area contributed by atoms with E-state index < -0.39 is 0 Å². The van der Waals surface area contributed by atoms with E-state index in [2.05, 4.69) is 211 Å². The Bertz CT molecular complexity index is 3880. The molecule has 3 heterocycles. The fourth-order valence-corrected chi connectivity index (χ4v) is 9.70. The molecule has 0 amide bonds. The number of rotatable bonds is 7. The van der Waals surface area contributed by atoms with Crippen LogP contribution in [0.1, 0.15) is 0 Å². The summed E-state index contributed by atoms with van der Waals surface area (Å²) in [5, 5.41) is 6.32. The average molecular weight is 820 g/mol. The van der Waals surface area contributed by atoms with Gasteiger partial charge in [-0.05, 0) is 100 Å². The predicted molar refractivity (Wildman–Crippen MR) is 265 cm³/mol. The molecular weight excluding hydrogens is 783 g/mol. The van der Waals surface area contributed by atoms with Crippen LogP contribution >= 0.6 is 0 Å². The van der Waals surface area contributed by atoms with Crippen LogP contribution < -0.4 is 4.90 Å². The molecule has 0 aliphatic rings. The number of benzene rings is 10. The lowest BCUT2D eigenvalue weighted by Crippen LogP contribution is -2.10. The van der Waals surface area contributed by atoms with Crippen LogP contribution in [-0.2, 0) is 0 Å². The summed E-state index contributed by atoms with van der Waals surface area (Å²) < 4.78 is 20.5. The minimum absolute atomic E-state index is 0.818. The molecule has 4 heteroatoms. The molecule has 13 rings (SSSR count). The topological polar surface area (TPSA) is 42.7 Å². The Morgan fingerprint density at radius 2 is 0.766 bits per heavy atom. The zero-order valence-corrected chi connectivity index (χ0v) is 34.5. The highest BCUT2D eigenvalue weighted by molar-refractivity contribution is 6.20. The lowest BCUT2D eigenvalue weighted by atomic mass is 9.94. The van der Waals surface area contributed by atoms with E-state index in [-0.39, 0.29) is 0 Å². The van der Waals surface area contributed by atoms with Crippen molar-refractivity contribution < 1.29 is 13.3 Å². The Balaban J connectivity index is 1.11. The lowest BCUT2D eigenvalue weighted by Gasteiger charge is -2.27. The van der Waals surface area contributed by atoms with Crippen molar-refractivity contribution in [2.24, 2.45) is 0 Å². The lowest BCUT2D eigenvalue weighted by molar-refractivity contribution is 0.668. The molecular formula is C60H37NO3. The zero-order chi connectivity index (χ0) is 42.1. The van der Waals surface area contributed by atoms with E-state index in [0.29, 0.717) is 0 Å². The van der Waals surface area contributed by atoms with Gasteiger partial charge in [-0.25, -0.2) is 0 Å². The summed E-state index contributed by atoms with van der Waals surface area (Å²) in [4.78, 5) is 2.35. The monoisotopic (exact) mass is 819 g/mol. The molecule has 0 spiro atoms. The molecule has 10 aromatic carbocycles. The maximum atomic E-state index is 7.05. The molecule has 0 aliphatic heterocycles. The molecule has 3 aromatic heterocycles. The van der Waals surface area contributed by atoms with Gasteiger partial charge in [0.1, 0.15) is 33.5 Å². The average Bonchev–Trinajstić information content (AvgIpc) is 4.06. The van der Waals surface area contributed by atoms with Crippen molar-refractivity contribution in [3.8, 4) is 44.5 Å². The van der Waals surface area contributed by atoms with Crippen LogP contribution in [0.5, 0.6) is 0 Å². The third-order valence-electron chi connectivity index (χ3n) is 12.7. The van der Waals surface area contributed by atoms with Gasteiger partial charge in [0.05, 0.1) is 11.1 Å². The first-order valence-electron chi connectivity index (χ1n) is 21.7. The van der Waals surface area contributed by atoms with E-state index in [1.54, 1.807) is 0 Å². The quantitative estimate of drug-likeness (QED) is 0.161. The summed E-state index contributed by atoms with van der Waals surface area (Å²) in [5.74, 6) is 0. The first-order valence-corrected chi connectivity index (χ1v) is 21.7. The van der Waals surface area contributed by atoms with Crippen molar-refractivity contribution in [1.82, 2.24) is 0 Å². The van der Waals surface area contributed by atoms with E-state index in [1.165, 1.54) is 0 Å². The van der Waals surface area contributed by atoms with Gasteiger partial charge in [-0.2, -0.15) is 0 Å². The molecule has 13 aromatic rings. The molecule has 0 saturated carbocycles. The zero-order valence-electron chi connectivity index (χ0n) is 34.5. The number of para-hydroxylation sites is 1. The normalized spacial score (nSPS) is 11.8. The van der Waals surface area contributed by atoms with Gasteiger partial charge in [0.15, 0.2) is 0 Å². The van der Waals surface area contributed by atoms with E-state index in [0.717, 1.165) is 127 Å². The first-order chi connectivity index (χ1) is 31.7. The van der Waals surface area contributed by atoms with E-state index >= 15 is 0 Å². The SMILES string of the molecule is c1ccc(-c2ccc3c(c2)oc2c(-c4ccccc4)ccc(N(c4ccc5c(c4)oc4ccccc45)c4ccc5oc6c(-c7ccccc7)ccc(-c7ccccc7)c6c5c4)c23)cc1. The van der Waals surface area contributed by atoms with Gasteiger partial charge in [0.2, 0.25) is 0 Å². The van der Waals surface area contributed by atoms with Crippen molar-refractivity contribution in [3.63, 3.8) is 0 Å². The van der Waals surface area contributed by atoms with Gasteiger partial charge >= 0.3 is 0 Å². The molecule has 0 fully saturated rings. The highest BCUT2D eigenvalue weighted by Crippen LogP contribution is 2.49. The molecule has 64 heavy (non-hydrogen) atoms. The van der Waals surface area contributed by atoms with E-state index in [9.17, 15) is 0 Å². The number of hydrogen-bond acceptors (Lipinski definition) is 4. The van der Waals surface area contributed by atoms with Crippen LogP contribution in [0.15, 0.2) is 238 Å². The second kappa shape index (κ2) is 14.5. The standard InChI is InChI=1S/C60H37NO3/c1-5-15-38(16-6-1)42-25-28-50-55(35-42)64-60-47(41-21-11-4-12-22-41)32-33-52(58(50)60)61(44-26-29-49-48-23-13-14-24-53(48)62-56(49)37-44)43-27-34-54-51(36-43)57-45(39-17-7-2-8-18-39)30-31-46(59(57)63-54)40-19-9-3-10-20-40/h1-37H. The largest absolute Gasteiger partial charge is 0.456 e. The summed E-state index contributed by atoms with van der Waals surface area (Å²) >= 11 is 0. The Morgan fingerprint density at radius 1 is 0.266 bits per heavy atom. The number of hydrogen-bond donors (Lipinski definition) is 0. The third kappa shape index (κ3) is 5.77. The number of anilines is 3. The minimum atomic E-state index is 0.818. The number of fused-ring (bicyclic) bond motifs is 9. The van der Waals surface area contributed by atoms with Crippen molar-refractivity contribution >= 4 is 82.9 Å². The molecule has 300 valence electrons.